The summed E-state index contributed by atoms with van der Waals surface area (Å²) in [7, 11) is 0. The van der Waals surface area contributed by atoms with Gasteiger partial charge in [0.1, 0.15) is 5.82 Å². The minimum Gasteiger partial charge on any atom is -0.399 e. The van der Waals surface area contributed by atoms with Crippen molar-refractivity contribution in [3.8, 4) is 0 Å². The molecule has 0 atom stereocenters. The molecule has 1 aromatic rings. The number of rotatable bonds is 2. The average molecular weight is 226 g/mol. The molecule has 1 heterocycles. The van der Waals surface area contributed by atoms with Crippen LogP contribution in [-0.2, 0) is 0 Å². The quantitative estimate of drug-likeness (QED) is 0.760. The second-order valence-corrected chi connectivity index (χ2v) is 5.10. The molecule has 0 saturated carbocycles. The van der Waals surface area contributed by atoms with E-state index in [0.29, 0.717) is 10.9 Å². The molecule has 1 aliphatic heterocycles. The van der Waals surface area contributed by atoms with Gasteiger partial charge in [-0.3, -0.25) is 0 Å². The molecular formula is C11H15FN2S. The summed E-state index contributed by atoms with van der Waals surface area (Å²) in [6, 6.07) is 4.92. The maximum absolute atomic E-state index is 13.5. The topological polar surface area (TPSA) is 38.0 Å². The molecule has 0 amide bonds. The minimum atomic E-state index is -0.196. The Labute approximate surface area is 93.4 Å². The molecule has 1 fully saturated rings. The van der Waals surface area contributed by atoms with E-state index in [4.69, 9.17) is 5.73 Å². The lowest BCUT2D eigenvalue weighted by atomic mass is 10.2. The van der Waals surface area contributed by atoms with Crippen molar-refractivity contribution in [2.24, 2.45) is 0 Å². The van der Waals surface area contributed by atoms with Crippen molar-refractivity contribution in [2.75, 3.05) is 18.8 Å². The van der Waals surface area contributed by atoms with Crippen molar-refractivity contribution < 1.29 is 4.39 Å². The fraction of sp³-hybridized carbons (Fsp3) is 0.455. The third-order valence-electron chi connectivity index (χ3n) is 2.54. The molecule has 2 nitrogen and oxygen atoms in total. The third-order valence-corrected chi connectivity index (χ3v) is 3.93. The van der Waals surface area contributed by atoms with Gasteiger partial charge in [0.05, 0.1) is 0 Å². The second kappa shape index (κ2) is 4.86. The van der Waals surface area contributed by atoms with Crippen LogP contribution < -0.4 is 11.1 Å². The van der Waals surface area contributed by atoms with E-state index in [1.165, 1.54) is 6.07 Å². The summed E-state index contributed by atoms with van der Waals surface area (Å²) in [6.07, 6.45) is 2.21. The Morgan fingerprint density at radius 2 is 2.07 bits per heavy atom. The van der Waals surface area contributed by atoms with Crippen LogP contribution in [0.4, 0.5) is 10.1 Å². The number of nitrogens with one attached hydrogen (secondary N) is 1. The summed E-state index contributed by atoms with van der Waals surface area (Å²) in [5.41, 5.74) is 5.99. The first kappa shape index (κ1) is 10.8. The van der Waals surface area contributed by atoms with E-state index >= 15 is 0 Å². The zero-order valence-electron chi connectivity index (χ0n) is 8.50. The summed E-state index contributed by atoms with van der Waals surface area (Å²) in [5, 5.41) is 3.83. The van der Waals surface area contributed by atoms with Gasteiger partial charge < -0.3 is 11.1 Å². The first-order valence-electron chi connectivity index (χ1n) is 5.18. The van der Waals surface area contributed by atoms with Crippen molar-refractivity contribution in [3.05, 3.63) is 24.0 Å². The number of hydrogen-bond acceptors (Lipinski definition) is 3. The Kier molecular flexibility index (Phi) is 3.49. The molecule has 82 valence electrons. The van der Waals surface area contributed by atoms with Crippen LogP contribution in [0.3, 0.4) is 0 Å². The molecule has 15 heavy (non-hydrogen) atoms. The zero-order chi connectivity index (χ0) is 10.7. The first-order valence-corrected chi connectivity index (χ1v) is 6.06. The van der Waals surface area contributed by atoms with Crippen LogP contribution in [0.25, 0.3) is 0 Å². The van der Waals surface area contributed by atoms with Crippen molar-refractivity contribution in [2.45, 2.75) is 23.0 Å². The zero-order valence-corrected chi connectivity index (χ0v) is 9.32. The van der Waals surface area contributed by atoms with Gasteiger partial charge >= 0.3 is 0 Å². The van der Waals surface area contributed by atoms with Crippen LogP contribution in [0.15, 0.2) is 23.1 Å². The van der Waals surface area contributed by atoms with Crippen molar-refractivity contribution in [3.63, 3.8) is 0 Å². The van der Waals surface area contributed by atoms with Crippen LogP contribution in [0, 0.1) is 5.82 Å². The fourth-order valence-electron chi connectivity index (χ4n) is 1.71. The fourth-order valence-corrected chi connectivity index (χ4v) is 2.85. The third kappa shape index (κ3) is 2.86. The van der Waals surface area contributed by atoms with Gasteiger partial charge in [0, 0.05) is 15.8 Å². The highest BCUT2D eigenvalue weighted by atomic mass is 32.2. The standard InChI is InChI=1S/C11H15FN2S/c12-10-7-8(13)1-2-11(10)15-9-3-5-14-6-4-9/h1-2,7,9,14H,3-6,13H2. The van der Waals surface area contributed by atoms with Crippen LogP contribution in [0.2, 0.25) is 0 Å². The predicted octanol–water partition coefficient (Wildman–Crippen LogP) is 2.25. The van der Waals surface area contributed by atoms with Crippen molar-refractivity contribution >= 4 is 17.4 Å². The molecule has 1 aliphatic rings. The average Bonchev–Trinajstić information content (AvgIpc) is 2.24. The van der Waals surface area contributed by atoms with Gasteiger partial charge in [-0.15, -0.1) is 11.8 Å². The number of nitrogens with two attached hydrogens (primary N) is 1. The van der Waals surface area contributed by atoms with Crippen LogP contribution in [-0.4, -0.2) is 18.3 Å². The lowest BCUT2D eigenvalue weighted by Crippen LogP contribution is -2.29. The molecule has 0 unspecified atom stereocenters. The molecule has 2 rings (SSSR count). The number of anilines is 1. The van der Waals surface area contributed by atoms with E-state index in [9.17, 15) is 4.39 Å². The van der Waals surface area contributed by atoms with Gasteiger partial charge in [-0.05, 0) is 44.1 Å². The largest absolute Gasteiger partial charge is 0.399 e. The van der Waals surface area contributed by atoms with E-state index in [-0.39, 0.29) is 5.82 Å². The van der Waals surface area contributed by atoms with Crippen LogP contribution in [0.5, 0.6) is 0 Å². The molecule has 3 N–H and O–H groups in total. The first-order chi connectivity index (χ1) is 7.25. The van der Waals surface area contributed by atoms with Crippen LogP contribution in [0.1, 0.15) is 12.8 Å². The summed E-state index contributed by atoms with van der Waals surface area (Å²) in [6.45, 7) is 2.07. The number of thioether (sulfide) groups is 1. The second-order valence-electron chi connectivity index (χ2n) is 3.76. The predicted molar refractivity (Wildman–Crippen MR) is 62.6 cm³/mol. The Bertz CT molecular complexity index is 337. The Balaban J connectivity index is 2.03. The molecule has 0 bridgehead atoms. The number of benzene rings is 1. The molecule has 0 aliphatic carbocycles. The number of hydrogen-bond donors (Lipinski definition) is 2. The van der Waals surface area contributed by atoms with Gasteiger partial charge in [0.2, 0.25) is 0 Å². The molecule has 4 heteroatoms. The number of nitrogen functional groups attached to an aromatic ring is 1. The minimum absolute atomic E-state index is 0.196. The lowest BCUT2D eigenvalue weighted by Gasteiger charge is -2.22. The Morgan fingerprint density at radius 1 is 1.33 bits per heavy atom. The van der Waals surface area contributed by atoms with Gasteiger partial charge in [-0.1, -0.05) is 0 Å². The van der Waals surface area contributed by atoms with Gasteiger partial charge in [-0.2, -0.15) is 0 Å². The van der Waals surface area contributed by atoms with E-state index in [2.05, 4.69) is 5.32 Å². The SMILES string of the molecule is Nc1ccc(SC2CCNCC2)c(F)c1. The van der Waals surface area contributed by atoms with Gasteiger partial charge in [-0.25, -0.2) is 4.39 Å². The molecule has 0 spiro atoms. The van der Waals surface area contributed by atoms with E-state index in [1.807, 2.05) is 0 Å². The summed E-state index contributed by atoms with van der Waals surface area (Å²) >= 11 is 1.63. The molecule has 0 aromatic heterocycles. The van der Waals surface area contributed by atoms with E-state index in [1.54, 1.807) is 23.9 Å². The number of piperidine rings is 1. The summed E-state index contributed by atoms with van der Waals surface area (Å²) in [4.78, 5) is 0.719. The lowest BCUT2D eigenvalue weighted by molar-refractivity contribution is 0.530. The van der Waals surface area contributed by atoms with E-state index in [0.717, 1.165) is 30.8 Å². The Morgan fingerprint density at radius 3 is 2.73 bits per heavy atom. The highest BCUT2D eigenvalue weighted by Gasteiger charge is 2.15. The molecule has 0 radical (unpaired) electrons. The smallest absolute Gasteiger partial charge is 0.138 e. The highest BCUT2D eigenvalue weighted by molar-refractivity contribution is 8.00. The van der Waals surface area contributed by atoms with Crippen molar-refractivity contribution in [1.29, 1.82) is 0 Å². The van der Waals surface area contributed by atoms with Gasteiger partial charge in [0.25, 0.3) is 0 Å². The molecule has 1 saturated heterocycles. The maximum atomic E-state index is 13.5. The highest BCUT2D eigenvalue weighted by Crippen LogP contribution is 2.31. The Hall–Kier alpha value is -0.740. The van der Waals surface area contributed by atoms with Crippen LogP contribution >= 0.6 is 11.8 Å². The maximum Gasteiger partial charge on any atom is 0.138 e. The monoisotopic (exact) mass is 226 g/mol. The van der Waals surface area contributed by atoms with Crippen molar-refractivity contribution in [1.82, 2.24) is 5.32 Å². The number of halogens is 1. The van der Waals surface area contributed by atoms with Gasteiger partial charge in [0.15, 0.2) is 0 Å². The molecular weight excluding hydrogens is 211 g/mol. The summed E-state index contributed by atoms with van der Waals surface area (Å²) in [5.74, 6) is -0.196. The molecule has 1 aromatic carbocycles. The summed E-state index contributed by atoms with van der Waals surface area (Å²) < 4.78 is 13.5. The normalized spacial score (nSPS) is 17.9. The van der Waals surface area contributed by atoms with E-state index < -0.39 is 0 Å².